The Morgan fingerprint density at radius 1 is 0.889 bits per heavy atom. The molecule has 0 bridgehead atoms. The molecule has 3 aromatic heterocycles. The number of fused-ring (bicyclic) bond motifs is 1. The molecule has 0 amide bonds. The number of phenolic OH excluding ortho intramolecular Hbond substituents is 1. The van der Waals surface area contributed by atoms with Crippen LogP contribution in [0, 0.1) is 0 Å². The van der Waals surface area contributed by atoms with Gasteiger partial charge in [0.1, 0.15) is 25.2 Å². The third-order valence-electron chi connectivity index (χ3n) is 5.09. The van der Waals surface area contributed by atoms with Crippen molar-refractivity contribution in [3.05, 3.63) is 78.8 Å². The topological polar surface area (TPSA) is 37.8 Å². The minimum atomic E-state index is 0.400. The molecular formula is C22H26N4O+2. The zero-order valence-electron chi connectivity index (χ0n) is 15.9. The molecule has 3 heterocycles. The molecule has 1 N–H and O–H groups in total. The third-order valence-corrected chi connectivity index (χ3v) is 5.09. The van der Waals surface area contributed by atoms with Gasteiger partial charge in [0, 0.05) is 43.1 Å². The molecule has 4 aromatic rings. The summed E-state index contributed by atoms with van der Waals surface area (Å²) in [7, 11) is 4.04. The molecule has 0 radical (unpaired) electrons. The van der Waals surface area contributed by atoms with Crippen LogP contribution < -0.4 is 9.13 Å². The van der Waals surface area contributed by atoms with E-state index in [1.807, 2.05) is 43.2 Å². The number of aromatic nitrogens is 4. The summed E-state index contributed by atoms with van der Waals surface area (Å²) in [5.41, 5.74) is 3.25. The van der Waals surface area contributed by atoms with Gasteiger partial charge in [-0.15, -0.1) is 0 Å². The summed E-state index contributed by atoms with van der Waals surface area (Å²) < 4.78 is 8.49. The van der Waals surface area contributed by atoms with E-state index >= 15 is 0 Å². The van der Waals surface area contributed by atoms with E-state index in [1.54, 1.807) is 0 Å². The standard InChI is InChI=1S/C22H25N4O/c1-23-11-6-18(7-12-23)16-19-4-5-21-20(22(19)27)8-13-26(21)10-3-9-25-15-14-24(2)17-25/h4-8,11-15,17H,3,9-10,16H2,1-2H3/q+1/p+1. The Morgan fingerprint density at radius 2 is 1.70 bits per heavy atom. The zero-order chi connectivity index (χ0) is 18.8. The van der Waals surface area contributed by atoms with Crippen LogP contribution in [0.25, 0.3) is 10.9 Å². The molecule has 0 saturated heterocycles. The maximum atomic E-state index is 10.8. The molecule has 0 spiro atoms. The number of aryl methyl sites for hydroxylation is 4. The molecule has 1 aromatic carbocycles. The number of imidazole rings is 1. The molecular weight excluding hydrogens is 336 g/mol. The number of hydrogen-bond donors (Lipinski definition) is 1. The van der Waals surface area contributed by atoms with Crippen molar-refractivity contribution in [3.8, 4) is 5.75 Å². The van der Waals surface area contributed by atoms with Crippen LogP contribution in [0.5, 0.6) is 5.75 Å². The Labute approximate surface area is 159 Å². The SMILES string of the molecule is C[n+]1ccc(Cc2ccc3c(ccn3CCCn3cc[n+](C)c3)c2O)cc1. The highest BCUT2D eigenvalue weighted by molar-refractivity contribution is 5.87. The van der Waals surface area contributed by atoms with Gasteiger partial charge in [-0.05, 0) is 23.3 Å². The molecule has 0 aliphatic heterocycles. The van der Waals surface area contributed by atoms with E-state index in [1.165, 1.54) is 5.56 Å². The van der Waals surface area contributed by atoms with Crippen LogP contribution in [0.2, 0.25) is 0 Å². The lowest BCUT2D eigenvalue weighted by Gasteiger charge is -2.08. The largest absolute Gasteiger partial charge is 0.507 e. The summed E-state index contributed by atoms with van der Waals surface area (Å²) in [5.74, 6) is 0.400. The smallest absolute Gasteiger partial charge is 0.243 e. The van der Waals surface area contributed by atoms with Crippen LogP contribution in [0.15, 0.2) is 67.6 Å². The van der Waals surface area contributed by atoms with Crippen LogP contribution in [0.3, 0.4) is 0 Å². The van der Waals surface area contributed by atoms with Crippen LogP contribution in [-0.2, 0) is 33.6 Å². The highest BCUT2D eigenvalue weighted by Crippen LogP contribution is 2.31. The molecule has 0 aliphatic carbocycles. The number of pyridine rings is 1. The molecule has 4 rings (SSSR count). The van der Waals surface area contributed by atoms with Crippen molar-refractivity contribution < 1.29 is 14.2 Å². The lowest BCUT2D eigenvalue weighted by atomic mass is 10.0. The monoisotopic (exact) mass is 362 g/mol. The predicted octanol–water partition coefficient (Wildman–Crippen LogP) is 2.48. The van der Waals surface area contributed by atoms with Crippen molar-refractivity contribution in [2.75, 3.05) is 0 Å². The minimum absolute atomic E-state index is 0.400. The second-order valence-electron chi connectivity index (χ2n) is 7.23. The van der Waals surface area contributed by atoms with E-state index in [0.717, 1.165) is 42.4 Å². The number of benzene rings is 1. The van der Waals surface area contributed by atoms with E-state index in [4.69, 9.17) is 0 Å². The van der Waals surface area contributed by atoms with E-state index in [9.17, 15) is 5.11 Å². The molecule has 0 unspecified atom stereocenters. The molecule has 0 saturated carbocycles. The second-order valence-corrected chi connectivity index (χ2v) is 7.23. The van der Waals surface area contributed by atoms with E-state index in [0.29, 0.717) is 5.75 Å². The fourth-order valence-corrected chi connectivity index (χ4v) is 3.57. The highest BCUT2D eigenvalue weighted by Gasteiger charge is 2.11. The lowest BCUT2D eigenvalue weighted by Crippen LogP contribution is -2.25. The normalized spacial score (nSPS) is 11.3. The quantitative estimate of drug-likeness (QED) is 0.526. The first-order chi connectivity index (χ1) is 13.1. The first kappa shape index (κ1) is 17.3. The van der Waals surface area contributed by atoms with Crippen molar-refractivity contribution >= 4 is 10.9 Å². The maximum absolute atomic E-state index is 10.8. The lowest BCUT2D eigenvalue weighted by molar-refractivity contribution is -0.671. The van der Waals surface area contributed by atoms with Crippen molar-refractivity contribution in [2.24, 2.45) is 14.1 Å². The number of phenols is 1. The van der Waals surface area contributed by atoms with Crippen molar-refractivity contribution in [1.29, 1.82) is 0 Å². The summed E-state index contributed by atoms with van der Waals surface area (Å²) in [6.07, 6.45) is 14.2. The van der Waals surface area contributed by atoms with Gasteiger partial charge in [-0.1, -0.05) is 6.07 Å². The van der Waals surface area contributed by atoms with Gasteiger partial charge in [0.25, 0.3) is 0 Å². The van der Waals surface area contributed by atoms with Crippen LogP contribution in [0.1, 0.15) is 17.5 Å². The van der Waals surface area contributed by atoms with Crippen LogP contribution >= 0.6 is 0 Å². The first-order valence-electron chi connectivity index (χ1n) is 9.35. The Bertz CT molecular complexity index is 1060. The molecule has 27 heavy (non-hydrogen) atoms. The number of hydrogen-bond acceptors (Lipinski definition) is 1. The molecule has 5 heteroatoms. The molecule has 138 valence electrons. The second kappa shape index (κ2) is 7.27. The van der Waals surface area contributed by atoms with Crippen molar-refractivity contribution in [1.82, 2.24) is 9.13 Å². The average Bonchev–Trinajstić information content (AvgIpc) is 3.26. The summed E-state index contributed by atoms with van der Waals surface area (Å²) >= 11 is 0. The molecule has 0 atom stereocenters. The Hall–Kier alpha value is -3.08. The minimum Gasteiger partial charge on any atom is -0.507 e. The molecule has 5 nitrogen and oxygen atoms in total. The van der Waals surface area contributed by atoms with Gasteiger partial charge >= 0.3 is 0 Å². The third kappa shape index (κ3) is 3.72. The van der Waals surface area contributed by atoms with Crippen LogP contribution in [-0.4, -0.2) is 14.2 Å². The summed E-state index contributed by atoms with van der Waals surface area (Å²) in [4.78, 5) is 0. The zero-order valence-corrected chi connectivity index (χ0v) is 15.9. The Kier molecular flexibility index (Phi) is 4.67. The maximum Gasteiger partial charge on any atom is 0.243 e. The van der Waals surface area contributed by atoms with Crippen molar-refractivity contribution in [3.63, 3.8) is 0 Å². The fraction of sp³-hybridized carbons (Fsp3) is 0.273. The first-order valence-corrected chi connectivity index (χ1v) is 9.35. The van der Waals surface area contributed by atoms with Gasteiger partial charge in [-0.3, -0.25) is 0 Å². The van der Waals surface area contributed by atoms with Gasteiger partial charge < -0.3 is 9.67 Å². The molecule has 0 fully saturated rings. The number of aromatic hydroxyl groups is 1. The average molecular weight is 362 g/mol. The summed E-state index contributed by atoms with van der Waals surface area (Å²) in [5, 5.41) is 11.7. The van der Waals surface area contributed by atoms with Gasteiger partial charge in [0.2, 0.25) is 6.33 Å². The van der Waals surface area contributed by atoms with Gasteiger partial charge in [-0.25, -0.2) is 13.7 Å². The van der Waals surface area contributed by atoms with E-state index < -0.39 is 0 Å². The van der Waals surface area contributed by atoms with Gasteiger partial charge in [0.15, 0.2) is 12.4 Å². The molecule has 0 aliphatic rings. The predicted molar refractivity (Wildman–Crippen MR) is 104 cm³/mol. The summed E-state index contributed by atoms with van der Waals surface area (Å²) in [6, 6.07) is 10.4. The number of rotatable bonds is 6. The number of nitrogens with zero attached hydrogens (tertiary/aromatic N) is 4. The Balaban J connectivity index is 1.49. The van der Waals surface area contributed by atoms with Crippen LogP contribution in [0.4, 0.5) is 0 Å². The van der Waals surface area contributed by atoms with Gasteiger partial charge in [0.05, 0.1) is 19.1 Å². The fourth-order valence-electron chi connectivity index (χ4n) is 3.57. The van der Waals surface area contributed by atoms with Gasteiger partial charge in [-0.2, -0.15) is 0 Å². The Morgan fingerprint density at radius 3 is 2.44 bits per heavy atom. The van der Waals surface area contributed by atoms with E-state index in [-0.39, 0.29) is 0 Å². The van der Waals surface area contributed by atoms with Crippen molar-refractivity contribution in [2.45, 2.75) is 25.9 Å². The highest BCUT2D eigenvalue weighted by atomic mass is 16.3. The van der Waals surface area contributed by atoms with E-state index in [2.05, 4.69) is 56.8 Å². The summed E-state index contributed by atoms with van der Waals surface area (Å²) in [6.45, 7) is 1.91.